The van der Waals surface area contributed by atoms with E-state index in [1.807, 2.05) is 19.9 Å². The van der Waals surface area contributed by atoms with Gasteiger partial charge in [-0.2, -0.15) is 0 Å². The standard InChI is InChI=1S/C17H27N3O2/c1-13-11-14(2)19-17(18-13)20-8-6-15(7-9-20)22-12-16-5-3-4-10-21-16/h11,15-16H,3-10,12H2,1-2H3/t16-/m0/s1. The summed E-state index contributed by atoms with van der Waals surface area (Å²) in [5.41, 5.74) is 2.07. The minimum atomic E-state index is 0.314. The molecule has 5 heteroatoms. The van der Waals surface area contributed by atoms with Crippen molar-refractivity contribution in [2.75, 3.05) is 31.2 Å². The van der Waals surface area contributed by atoms with E-state index >= 15 is 0 Å². The van der Waals surface area contributed by atoms with Gasteiger partial charge in [0.05, 0.1) is 18.8 Å². The summed E-state index contributed by atoms with van der Waals surface area (Å²) in [5.74, 6) is 0.867. The second-order valence-corrected chi connectivity index (χ2v) is 6.46. The lowest BCUT2D eigenvalue weighted by molar-refractivity contribution is -0.0672. The Morgan fingerprint density at radius 2 is 1.86 bits per heavy atom. The number of ether oxygens (including phenoxy) is 2. The van der Waals surface area contributed by atoms with E-state index in [9.17, 15) is 0 Å². The second kappa shape index (κ2) is 7.38. The molecule has 5 nitrogen and oxygen atoms in total. The number of hydrogen-bond acceptors (Lipinski definition) is 5. The Balaban J connectivity index is 1.45. The average Bonchev–Trinajstić information content (AvgIpc) is 2.53. The van der Waals surface area contributed by atoms with E-state index in [2.05, 4.69) is 14.9 Å². The zero-order chi connectivity index (χ0) is 15.4. The van der Waals surface area contributed by atoms with Crippen LogP contribution in [0.25, 0.3) is 0 Å². The van der Waals surface area contributed by atoms with Crippen molar-refractivity contribution in [3.63, 3.8) is 0 Å². The van der Waals surface area contributed by atoms with Crippen molar-refractivity contribution in [2.45, 2.75) is 58.2 Å². The molecule has 3 rings (SSSR count). The molecule has 0 radical (unpaired) electrons. The Labute approximate surface area is 133 Å². The molecule has 0 amide bonds. The lowest BCUT2D eigenvalue weighted by Crippen LogP contribution is -2.39. The van der Waals surface area contributed by atoms with Gasteiger partial charge in [-0.1, -0.05) is 0 Å². The second-order valence-electron chi connectivity index (χ2n) is 6.46. The minimum Gasteiger partial charge on any atom is -0.376 e. The molecule has 0 N–H and O–H groups in total. The maximum Gasteiger partial charge on any atom is 0.225 e. The van der Waals surface area contributed by atoms with Crippen LogP contribution in [0.2, 0.25) is 0 Å². The fourth-order valence-corrected chi connectivity index (χ4v) is 3.25. The SMILES string of the molecule is Cc1cc(C)nc(N2CCC(OC[C@@H]3CCCCO3)CC2)n1. The molecule has 3 heterocycles. The summed E-state index contributed by atoms with van der Waals surface area (Å²) < 4.78 is 11.8. The molecule has 2 aliphatic rings. The molecule has 22 heavy (non-hydrogen) atoms. The van der Waals surface area contributed by atoms with Crippen molar-refractivity contribution >= 4 is 5.95 Å². The zero-order valence-corrected chi connectivity index (χ0v) is 13.8. The lowest BCUT2D eigenvalue weighted by Gasteiger charge is -2.33. The summed E-state index contributed by atoms with van der Waals surface area (Å²) in [4.78, 5) is 11.4. The van der Waals surface area contributed by atoms with E-state index < -0.39 is 0 Å². The molecule has 2 aliphatic heterocycles. The fraction of sp³-hybridized carbons (Fsp3) is 0.765. The van der Waals surface area contributed by atoms with Crippen LogP contribution in [0.1, 0.15) is 43.5 Å². The van der Waals surface area contributed by atoms with Crippen molar-refractivity contribution in [1.29, 1.82) is 0 Å². The molecule has 0 aromatic carbocycles. The van der Waals surface area contributed by atoms with E-state index in [0.29, 0.717) is 12.2 Å². The summed E-state index contributed by atoms with van der Waals surface area (Å²) in [5, 5.41) is 0. The van der Waals surface area contributed by atoms with Gasteiger partial charge in [-0.3, -0.25) is 0 Å². The summed E-state index contributed by atoms with van der Waals surface area (Å²) in [6.45, 7) is 7.65. The Morgan fingerprint density at radius 1 is 1.14 bits per heavy atom. The van der Waals surface area contributed by atoms with Gasteiger partial charge in [0, 0.05) is 31.1 Å². The molecule has 1 atom stereocenters. The molecular formula is C17H27N3O2. The number of anilines is 1. The van der Waals surface area contributed by atoms with Gasteiger partial charge in [-0.05, 0) is 52.0 Å². The predicted octanol–water partition coefficient (Wildman–Crippen LogP) is 2.65. The third kappa shape index (κ3) is 4.17. The molecule has 0 bridgehead atoms. The topological polar surface area (TPSA) is 47.5 Å². The smallest absolute Gasteiger partial charge is 0.225 e. The summed E-state index contributed by atoms with van der Waals surface area (Å²) in [7, 11) is 0. The van der Waals surface area contributed by atoms with Crippen molar-refractivity contribution in [1.82, 2.24) is 9.97 Å². The van der Waals surface area contributed by atoms with Crippen LogP contribution in [-0.4, -0.2) is 48.5 Å². The van der Waals surface area contributed by atoms with Crippen molar-refractivity contribution in [3.05, 3.63) is 17.5 Å². The lowest BCUT2D eigenvalue weighted by atomic mass is 10.1. The van der Waals surface area contributed by atoms with Gasteiger partial charge in [-0.15, -0.1) is 0 Å². The van der Waals surface area contributed by atoms with Crippen LogP contribution >= 0.6 is 0 Å². The van der Waals surface area contributed by atoms with Crippen molar-refractivity contribution in [3.8, 4) is 0 Å². The number of hydrogen-bond donors (Lipinski definition) is 0. The Morgan fingerprint density at radius 3 is 2.50 bits per heavy atom. The quantitative estimate of drug-likeness (QED) is 0.856. The Kier molecular flexibility index (Phi) is 5.26. The highest BCUT2D eigenvalue weighted by Gasteiger charge is 2.23. The normalized spacial score (nSPS) is 23.7. The van der Waals surface area contributed by atoms with Gasteiger partial charge in [0.1, 0.15) is 0 Å². The first-order chi connectivity index (χ1) is 10.7. The monoisotopic (exact) mass is 305 g/mol. The fourth-order valence-electron chi connectivity index (χ4n) is 3.25. The Bertz CT molecular complexity index is 461. The first-order valence-corrected chi connectivity index (χ1v) is 8.51. The number of aromatic nitrogens is 2. The van der Waals surface area contributed by atoms with Crippen LogP contribution in [0.3, 0.4) is 0 Å². The largest absolute Gasteiger partial charge is 0.376 e. The molecule has 2 saturated heterocycles. The highest BCUT2D eigenvalue weighted by Crippen LogP contribution is 2.20. The van der Waals surface area contributed by atoms with Crippen LogP contribution in [0.15, 0.2) is 6.07 Å². The highest BCUT2D eigenvalue weighted by molar-refractivity contribution is 5.32. The van der Waals surface area contributed by atoms with Gasteiger partial charge in [0.2, 0.25) is 5.95 Å². The zero-order valence-electron chi connectivity index (χ0n) is 13.8. The minimum absolute atomic E-state index is 0.314. The maximum atomic E-state index is 6.06. The summed E-state index contributed by atoms with van der Waals surface area (Å²) >= 11 is 0. The van der Waals surface area contributed by atoms with Crippen LogP contribution in [0.4, 0.5) is 5.95 Å². The number of aryl methyl sites for hydroxylation is 2. The van der Waals surface area contributed by atoms with E-state index in [1.165, 1.54) is 12.8 Å². The average molecular weight is 305 g/mol. The molecular weight excluding hydrogens is 278 g/mol. The number of nitrogens with zero attached hydrogens (tertiary/aromatic N) is 3. The van der Waals surface area contributed by atoms with Crippen LogP contribution in [0.5, 0.6) is 0 Å². The van der Waals surface area contributed by atoms with Gasteiger partial charge >= 0.3 is 0 Å². The molecule has 2 fully saturated rings. The van der Waals surface area contributed by atoms with Crippen molar-refractivity contribution in [2.24, 2.45) is 0 Å². The Hall–Kier alpha value is -1.20. The third-order valence-electron chi connectivity index (χ3n) is 4.49. The van der Waals surface area contributed by atoms with E-state index in [-0.39, 0.29) is 0 Å². The van der Waals surface area contributed by atoms with E-state index in [0.717, 1.165) is 62.9 Å². The molecule has 122 valence electrons. The van der Waals surface area contributed by atoms with Crippen LogP contribution in [-0.2, 0) is 9.47 Å². The molecule has 1 aromatic heterocycles. The molecule has 0 unspecified atom stereocenters. The van der Waals surface area contributed by atoms with Gasteiger partial charge in [-0.25, -0.2) is 9.97 Å². The first-order valence-electron chi connectivity index (χ1n) is 8.51. The van der Waals surface area contributed by atoms with Crippen molar-refractivity contribution < 1.29 is 9.47 Å². The summed E-state index contributed by atoms with van der Waals surface area (Å²) in [6, 6.07) is 2.02. The predicted molar refractivity (Wildman–Crippen MR) is 86.3 cm³/mol. The molecule has 0 spiro atoms. The third-order valence-corrected chi connectivity index (χ3v) is 4.49. The molecule has 1 aromatic rings. The first kappa shape index (κ1) is 15.7. The van der Waals surface area contributed by atoms with Gasteiger partial charge < -0.3 is 14.4 Å². The highest BCUT2D eigenvalue weighted by atomic mass is 16.5. The maximum absolute atomic E-state index is 6.06. The number of rotatable bonds is 4. The van der Waals surface area contributed by atoms with E-state index in [4.69, 9.17) is 9.47 Å². The molecule has 0 saturated carbocycles. The van der Waals surface area contributed by atoms with Crippen LogP contribution in [0, 0.1) is 13.8 Å². The summed E-state index contributed by atoms with van der Waals surface area (Å²) in [6.07, 6.45) is 6.38. The van der Waals surface area contributed by atoms with Gasteiger partial charge in [0.15, 0.2) is 0 Å². The number of piperidine rings is 1. The van der Waals surface area contributed by atoms with E-state index in [1.54, 1.807) is 0 Å². The van der Waals surface area contributed by atoms with Crippen LogP contribution < -0.4 is 4.90 Å². The molecule has 0 aliphatic carbocycles. The van der Waals surface area contributed by atoms with Gasteiger partial charge in [0.25, 0.3) is 0 Å².